The van der Waals surface area contributed by atoms with Crippen molar-refractivity contribution < 1.29 is 9.21 Å². The van der Waals surface area contributed by atoms with E-state index >= 15 is 0 Å². The second kappa shape index (κ2) is 6.33. The minimum Gasteiger partial charge on any atom is -0.457 e. The first-order valence-corrected chi connectivity index (χ1v) is 7.63. The molecule has 2 aromatic rings. The van der Waals surface area contributed by atoms with E-state index in [1.807, 2.05) is 36.4 Å². The van der Waals surface area contributed by atoms with Gasteiger partial charge in [-0.2, -0.15) is 5.26 Å². The summed E-state index contributed by atoms with van der Waals surface area (Å²) in [6, 6.07) is 13.2. The molecule has 4 heteroatoms. The van der Waals surface area contributed by atoms with E-state index in [4.69, 9.17) is 4.42 Å². The molecule has 0 aliphatic heterocycles. The summed E-state index contributed by atoms with van der Waals surface area (Å²) in [5.41, 5.74) is 0.419. The van der Waals surface area contributed by atoms with Crippen LogP contribution >= 0.6 is 15.9 Å². The zero-order chi connectivity index (χ0) is 16.3. The highest BCUT2D eigenvalue weighted by Gasteiger charge is 2.25. The van der Waals surface area contributed by atoms with Crippen molar-refractivity contribution in [2.45, 2.75) is 20.8 Å². The van der Waals surface area contributed by atoms with Gasteiger partial charge in [0.15, 0.2) is 5.78 Å². The molecule has 1 heterocycles. The van der Waals surface area contributed by atoms with Crippen molar-refractivity contribution in [3.63, 3.8) is 0 Å². The second-order valence-corrected chi connectivity index (χ2v) is 6.79. The summed E-state index contributed by atoms with van der Waals surface area (Å²) in [4.78, 5) is 12.2. The van der Waals surface area contributed by atoms with Gasteiger partial charge < -0.3 is 4.42 Å². The molecular formula is C18H16BrNO2. The number of hydrogen-bond acceptors (Lipinski definition) is 3. The highest BCUT2D eigenvalue weighted by Crippen LogP contribution is 2.30. The number of carbonyl (C=O) groups excluding carboxylic acids is 1. The van der Waals surface area contributed by atoms with Crippen LogP contribution in [0, 0.1) is 16.7 Å². The maximum absolute atomic E-state index is 12.2. The molecule has 3 nitrogen and oxygen atoms in total. The van der Waals surface area contributed by atoms with Crippen molar-refractivity contribution in [2.24, 2.45) is 5.41 Å². The number of rotatable bonds is 3. The van der Waals surface area contributed by atoms with Crippen LogP contribution in [0.15, 0.2) is 50.9 Å². The van der Waals surface area contributed by atoms with Gasteiger partial charge in [0.2, 0.25) is 0 Å². The van der Waals surface area contributed by atoms with Gasteiger partial charge in [-0.25, -0.2) is 0 Å². The van der Waals surface area contributed by atoms with Crippen molar-refractivity contribution in [2.75, 3.05) is 0 Å². The van der Waals surface area contributed by atoms with Crippen LogP contribution in [0.2, 0.25) is 0 Å². The Balaban J connectivity index is 2.36. The topological polar surface area (TPSA) is 54.0 Å². The zero-order valence-electron chi connectivity index (χ0n) is 12.7. The summed E-state index contributed by atoms with van der Waals surface area (Å²) >= 11 is 3.47. The summed E-state index contributed by atoms with van der Waals surface area (Å²) in [5, 5.41) is 9.20. The number of hydrogen-bond donors (Lipinski definition) is 0. The van der Waals surface area contributed by atoms with Crippen molar-refractivity contribution >= 4 is 27.8 Å². The normalized spacial score (nSPS) is 12.0. The fourth-order valence-corrected chi connectivity index (χ4v) is 2.41. The summed E-state index contributed by atoms with van der Waals surface area (Å²) in [6.45, 7) is 5.36. The summed E-state index contributed by atoms with van der Waals surface area (Å²) in [6.07, 6.45) is 1.49. The Labute approximate surface area is 138 Å². The monoisotopic (exact) mass is 357 g/mol. The molecule has 0 aliphatic carbocycles. The van der Waals surface area contributed by atoms with Crippen LogP contribution in [0.25, 0.3) is 17.4 Å². The lowest BCUT2D eigenvalue weighted by molar-refractivity contribution is -0.121. The molecule has 1 aromatic heterocycles. The predicted molar refractivity (Wildman–Crippen MR) is 89.9 cm³/mol. The van der Waals surface area contributed by atoms with Crippen LogP contribution in [-0.2, 0) is 4.79 Å². The Morgan fingerprint density at radius 3 is 2.50 bits per heavy atom. The molecule has 0 spiro atoms. The number of ketones is 1. The van der Waals surface area contributed by atoms with Crippen LogP contribution in [0.4, 0.5) is 0 Å². The molecule has 22 heavy (non-hydrogen) atoms. The molecule has 0 saturated heterocycles. The number of nitriles is 1. The van der Waals surface area contributed by atoms with Crippen molar-refractivity contribution in [3.8, 4) is 17.4 Å². The Morgan fingerprint density at radius 2 is 1.91 bits per heavy atom. The van der Waals surface area contributed by atoms with Crippen molar-refractivity contribution in [3.05, 3.63) is 52.2 Å². The van der Waals surface area contributed by atoms with Crippen LogP contribution in [0.1, 0.15) is 26.5 Å². The maximum Gasteiger partial charge on any atom is 0.178 e. The van der Waals surface area contributed by atoms with Gasteiger partial charge in [-0.05, 0) is 18.2 Å². The Bertz CT molecular complexity index is 773. The van der Waals surface area contributed by atoms with Gasteiger partial charge in [0.1, 0.15) is 17.6 Å². The first-order valence-electron chi connectivity index (χ1n) is 6.84. The Hall–Kier alpha value is -2.12. The van der Waals surface area contributed by atoms with Gasteiger partial charge >= 0.3 is 0 Å². The average Bonchev–Trinajstić information content (AvgIpc) is 2.92. The van der Waals surface area contributed by atoms with E-state index in [0.29, 0.717) is 11.5 Å². The summed E-state index contributed by atoms with van der Waals surface area (Å²) in [5.74, 6) is 0.966. The van der Waals surface area contributed by atoms with E-state index in [0.717, 1.165) is 10.0 Å². The molecule has 0 aliphatic rings. The minimum absolute atomic E-state index is 0.0977. The lowest BCUT2D eigenvalue weighted by Crippen LogP contribution is -2.21. The molecule has 112 valence electrons. The molecule has 0 atom stereocenters. The molecule has 2 rings (SSSR count). The average molecular weight is 358 g/mol. The van der Waals surface area contributed by atoms with E-state index < -0.39 is 5.41 Å². The molecule has 0 amide bonds. The van der Waals surface area contributed by atoms with Gasteiger partial charge in [-0.3, -0.25) is 4.79 Å². The largest absolute Gasteiger partial charge is 0.457 e. The highest BCUT2D eigenvalue weighted by atomic mass is 79.9. The van der Waals surface area contributed by atoms with E-state index in [2.05, 4.69) is 15.9 Å². The van der Waals surface area contributed by atoms with Gasteiger partial charge in [0, 0.05) is 21.5 Å². The molecule has 0 saturated carbocycles. The SMILES string of the molecule is CC(C)(C)C(=O)/C(C#N)=C/c1ccc(-c2ccccc2Br)o1. The fourth-order valence-electron chi connectivity index (χ4n) is 1.93. The molecule has 0 bridgehead atoms. The Morgan fingerprint density at radius 1 is 1.23 bits per heavy atom. The van der Waals surface area contributed by atoms with Crippen LogP contribution in [0.5, 0.6) is 0 Å². The molecular weight excluding hydrogens is 342 g/mol. The standard InChI is InChI=1S/C18H16BrNO2/c1-18(2,3)17(21)12(11-20)10-13-8-9-16(22-13)14-6-4-5-7-15(14)19/h4-10H,1-3H3/b12-10+. The zero-order valence-corrected chi connectivity index (χ0v) is 14.3. The van der Waals surface area contributed by atoms with Crippen LogP contribution in [0.3, 0.4) is 0 Å². The van der Waals surface area contributed by atoms with E-state index in [-0.39, 0.29) is 11.4 Å². The third kappa shape index (κ3) is 3.55. The number of allylic oxidation sites excluding steroid dienone is 1. The predicted octanol–water partition coefficient (Wildman–Crippen LogP) is 5.23. The highest BCUT2D eigenvalue weighted by molar-refractivity contribution is 9.10. The number of Topliss-reactive ketones (excluding diaryl/α,β-unsaturated/α-hetero) is 1. The number of carbonyl (C=O) groups is 1. The van der Waals surface area contributed by atoms with Gasteiger partial charge in [0.25, 0.3) is 0 Å². The molecule has 0 fully saturated rings. The third-order valence-corrected chi connectivity index (χ3v) is 3.79. The first-order chi connectivity index (χ1) is 10.3. The quantitative estimate of drug-likeness (QED) is 0.558. The third-order valence-electron chi connectivity index (χ3n) is 3.10. The molecule has 0 N–H and O–H groups in total. The molecule has 0 unspecified atom stereocenters. The van der Waals surface area contributed by atoms with Crippen molar-refractivity contribution in [1.82, 2.24) is 0 Å². The number of nitrogens with zero attached hydrogens (tertiary/aromatic N) is 1. The van der Waals surface area contributed by atoms with E-state index in [1.54, 1.807) is 26.8 Å². The number of furan rings is 1. The lowest BCUT2D eigenvalue weighted by atomic mass is 9.86. The Kier molecular flexibility index (Phi) is 4.68. The van der Waals surface area contributed by atoms with E-state index in [9.17, 15) is 10.1 Å². The first kappa shape index (κ1) is 16.3. The minimum atomic E-state index is -0.598. The number of benzene rings is 1. The smallest absolute Gasteiger partial charge is 0.178 e. The molecule has 0 radical (unpaired) electrons. The van der Waals surface area contributed by atoms with Crippen molar-refractivity contribution in [1.29, 1.82) is 5.26 Å². The molecule has 1 aromatic carbocycles. The summed E-state index contributed by atoms with van der Waals surface area (Å²) in [7, 11) is 0. The number of halogens is 1. The van der Waals surface area contributed by atoms with Gasteiger partial charge in [-0.15, -0.1) is 0 Å². The maximum atomic E-state index is 12.2. The lowest BCUT2D eigenvalue weighted by Gasteiger charge is -2.15. The van der Waals surface area contributed by atoms with Crippen LogP contribution < -0.4 is 0 Å². The van der Waals surface area contributed by atoms with Crippen LogP contribution in [-0.4, -0.2) is 5.78 Å². The fraction of sp³-hybridized carbons (Fsp3) is 0.222. The summed E-state index contributed by atoms with van der Waals surface area (Å²) < 4.78 is 6.66. The van der Waals surface area contributed by atoms with E-state index in [1.165, 1.54) is 6.08 Å². The van der Waals surface area contributed by atoms with Gasteiger partial charge in [-0.1, -0.05) is 54.9 Å². The van der Waals surface area contributed by atoms with Gasteiger partial charge in [0.05, 0.1) is 5.57 Å². The second-order valence-electron chi connectivity index (χ2n) is 5.93.